The number of hydrogen-bond acceptors (Lipinski definition) is 3. The maximum absolute atomic E-state index is 5.49. The number of para-hydroxylation sites is 1. The normalized spacial score (nSPS) is 10.9. The van der Waals surface area contributed by atoms with Crippen molar-refractivity contribution in [1.82, 2.24) is 0 Å². The second kappa shape index (κ2) is 6.01. The molecule has 0 fully saturated rings. The summed E-state index contributed by atoms with van der Waals surface area (Å²) in [5, 5.41) is 3.43. The lowest BCUT2D eigenvalue weighted by atomic mass is 10.0. The predicted molar refractivity (Wildman–Crippen MR) is 79.7 cm³/mol. The van der Waals surface area contributed by atoms with Gasteiger partial charge in [-0.2, -0.15) is 11.8 Å². The van der Waals surface area contributed by atoms with Gasteiger partial charge in [-0.05, 0) is 23.8 Å². The molecule has 0 amide bonds. The SMILES string of the molecule is CSCc1cc(Nc2ccccc2C(C)C)co1. The van der Waals surface area contributed by atoms with Crippen LogP contribution in [0.15, 0.2) is 41.0 Å². The van der Waals surface area contributed by atoms with Crippen molar-refractivity contribution in [3.8, 4) is 0 Å². The Hall–Kier alpha value is -1.35. The van der Waals surface area contributed by atoms with Crippen LogP contribution in [-0.4, -0.2) is 6.26 Å². The van der Waals surface area contributed by atoms with E-state index in [2.05, 4.69) is 55.8 Å². The minimum atomic E-state index is 0.506. The molecule has 0 saturated heterocycles. The Kier molecular flexibility index (Phi) is 4.37. The second-order valence-electron chi connectivity index (χ2n) is 4.60. The lowest BCUT2D eigenvalue weighted by Crippen LogP contribution is -1.96. The summed E-state index contributed by atoms with van der Waals surface area (Å²) in [6, 6.07) is 10.5. The Labute approximate surface area is 113 Å². The van der Waals surface area contributed by atoms with E-state index in [0.717, 1.165) is 22.9 Å². The van der Waals surface area contributed by atoms with E-state index >= 15 is 0 Å². The highest BCUT2D eigenvalue weighted by molar-refractivity contribution is 7.97. The lowest BCUT2D eigenvalue weighted by Gasteiger charge is -2.13. The van der Waals surface area contributed by atoms with Crippen molar-refractivity contribution in [2.75, 3.05) is 11.6 Å². The fraction of sp³-hybridized carbons (Fsp3) is 0.333. The van der Waals surface area contributed by atoms with Crippen molar-refractivity contribution in [3.63, 3.8) is 0 Å². The summed E-state index contributed by atoms with van der Waals surface area (Å²) in [5.41, 5.74) is 3.50. The number of thioether (sulfide) groups is 1. The van der Waals surface area contributed by atoms with Crippen molar-refractivity contribution in [1.29, 1.82) is 0 Å². The fourth-order valence-electron chi connectivity index (χ4n) is 1.93. The summed E-state index contributed by atoms with van der Waals surface area (Å²) >= 11 is 1.76. The van der Waals surface area contributed by atoms with E-state index in [0.29, 0.717) is 5.92 Å². The number of rotatable bonds is 5. The van der Waals surface area contributed by atoms with Crippen LogP contribution in [0, 0.1) is 0 Å². The maximum Gasteiger partial charge on any atom is 0.115 e. The molecule has 3 heteroatoms. The molecule has 2 rings (SSSR count). The van der Waals surface area contributed by atoms with Gasteiger partial charge in [0.15, 0.2) is 0 Å². The lowest BCUT2D eigenvalue weighted by molar-refractivity contribution is 0.531. The zero-order valence-corrected chi connectivity index (χ0v) is 11.9. The first-order valence-electron chi connectivity index (χ1n) is 6.13. The molecular formula is C15H19NOS. The molecule has 0 bridgehead atoms. The van der Waals surface area contributed by atoms with Crippen LogP contribution in [-0.2, 0) is 5.75 Å². The Balaban J connectivity index is 2.17. The molecule has 96 valence electrons. The van der Waals surface area contributed by atoms with Crippen molar-refractivity contribution >= 4 is 23.1 Å². The third kappa shape index (κ3) is 3.10. The molecule has 2 nitrogen and oxygen atoms in total. The molecule has 1 aromatic carbocycles. The first-order chi connectivity index (χ1) is 8.70. The highest BCUT2D eigenvalue weighted by Gasteiger charge is 2.07. The van der Waals surface area contributed by atoms with Crippen LogP contribution in [0.4, 0.5) is 11.4 Å². The Morgan fingerprint density at radius 2 is 2.06 bits per heavy atom. The van der Waals surface area contributed by atoms with Gasteiger partial charge in [0.2, 0.25) is 0 Å². The van der Waals surface area contributed by atoms with Gasteiger partial charge in [-0.15, -0.1) is 0 Å². The molecule has 0 aliphatic heterocycles. The molecule has 0 radical (unpaired) electrons. The molecule has 2 aromatic rings. The van der Waals surface area contributed by atoms with Crippen LogP contribution in [0.1, 0.15) is 31.1 Å². The maximum atomic E-state index is 5.49. The molecule has 0 aliphatic carbocycles. The summed E-state index contributed by atoms with van der Waals surface area (Å²) in [6.07, 6.45) is 3.85. The molecular weight excluding hydrogens is 242 g/mol. The Bertz CT molecular complexity index is 505. The van der Waals surface area contributed by atoms with Gasteiger partial charge in [0.25, 0.3) is 0 Å². The minimum Gasteiger partial charge on any atom is -0.466 e. The van der Waals surface area contributed by atoms with E-state index in [9.17, 15) is 0 Å². The third-order valence-corrected chi connectivity index (χ3v) is 3.38. The number of hydrogen-bond donors (Lipinski definition) is 1. The molecule has 18 heavy (non-hydrogen) atoms. The van der Waals surface area contributed by atoms with Crippen LogP contribution in [0.25, 0.3) is 0 Å². The molecule has 0 saturated carbocycles. The smallest absolute Gasteiger partial charge is 0.115 e. The molecule has 0 spiro atoms. The van der Waals surface area contributed by atoms with Crippen LogP contribution in [0.5, 0.6) is 0 Å². The second-order valence-corrected chi connectivity index (χ2v) is 5.47. The minimum absolute atomic E-state index is 0.506. The van der Waals surface area contributed by atoms with E-state index in [1.165, 1.54) is 5.56 Å². The highest BCUT2D eigenvalue weighted by Crippen LogP contribution is 2.28. The monoisotopic (exact) mass is 261 g/mol. The van der Waals surface area contributed by atoms with E-state index < -0.39 is 0 Å². The number of furan rings is 1. The van der Waals surface area contributed by atoms with Gasteiger partial charge in [0.05, 0.1) is 11.4 Å². The van der Waals surface area contributed by atoms with Gasteiger partial charge >= 0.3 is 0 Å². The van der Waals surface area contributed by atoms with Crippen molar-refractivity contribution in [2.45, 2.75) is 25.5 Å². The first kappa shape index (κ1) is 13.1. The number of anilines is 2. The van der Waals surface area contributed by atoms with E-state index in [1.54, 1.807) is 18.0 Å². The molecule has 0 atom stereocenters. The Morgan fingerprint density at radius 1 is 1.28 bits per heavy atom. The average Bonchev–Trinajstić information content (AvgIpc) is 2.77. The first-order valence-corrected chi connectivity index (χ1v) is 7.52. The van der Waals surface area contributed by atoms with Crippen LogP contribution in [0.2, 0.25) is 0 Å². The van der Waals surface area contributed by atoms with Gasteiger partial charge in [0, 0.05) is 11.8 Å². The summed E-state index contributed by atoms with van der Waals surface area (Å²) in [6.45, 7) is 4.41. The summed E-state index contributed by atoms with van der Waals surface area (Å²) in [7, 11) is 0. The number of benzene rings is 1. The van der Waals surface area contributed by atoms with Gasteiger partial charge in [-0.3, -0.25) is 0 Å². The van der Waals surface area contributed by atoms with Crippen molar-refractivity contribution < 1.29 is 4.42 Å². The topological polar surface area (TPSA) is 25.2 Å². The summed E-state index contributed by atoms with van der Waals surface area (Å²) < 4.78 is 5.49. The highest BCUT2D eigenvalue weighted by atomic mass is 32.2. The van der Waals surface area contributed by atoms with Crippen molar-refractivity contribution in [2.24, 2.45) is 0 Å². The summed E-state index contributed by atoms with van der Waals surface area (Å²) in [5.74, 6) is 2.42. The third-order valence-electron chi connectivity index (χ3n) is 2.80. The van der Waals surface area contributed by atoms with Crippen LogP contribution < -0.4 is 5.32 Å². The average molecular weight is 261 g/mol. The quantitative estimate of drug-likeness (QED) is 0.819. The van der Waals surface area contributed by atoms with Gasteiger partial charge in [-0.25, -0.2) is 0 Å². The van der Waals surface area contributed by atoms with Crippen molar-refractivity contribution in [3.05, 3.63) is 47.9 Å². The molecule has 1 N–H and O–H groups in total. The largest absolute Gasteiger partial charge is 0.466 e. The van der Waals surface area contributed by atoms with E-state index in [1.807, 2.05) is 0 Å². The van der Waals surface area contributed by atoms with E-state index in [4.69, 9.17) is 4.42 Å². The Morgan fingerprint density at radius 3 is 2.78 bits per heavy atom. The van der Waals surface area contributed by atoms with E-state index in [-0.39, 0.29) is 0 Å². The van der Waals surface area contributed by atoms with Gasteiger partial charge in [0.1, 0.15) is 12.0 Å². The number of nitrogens with one attached hydrogen (secondary N) is 1. The summed E-state index contributed by atoms with van der Waals surface area (Å²) in [4.78, 5) is 0. The van der Waals surface area contributed by atoms with Crippen LogP contribution in [0.3, 0.4) is 0 Å². The van der Waals surface area contributed by atoms with Crippen LogP contribution >= 0.6 is 11.8 Å². The zero-order chi connectivity index (χ0) is 13.0. The standard InChI is InChI=1S/C15H19NOS/c1-11(2)14-6-4-5-7-15(14)16-12-8-13(10-18-3)17-9-12/h4-9,11,16H,10H2,1-3H3. The zero-order valence-electron chi connectivity index (χ0n) is 11.1. The molecule has 0 unspecified atom stereocenters. The van der Waals surface area contributed by atoms with Gasteiger partial charge in [-0.1, -0.05) is 32.0 Å². The predicted octanol–water partition coefficient (Wildman–Crippen LogP) is 5.01. The molecule has 0 aliphatic rings. The fourth-order valence-corrected chi connectivity index (χ4v) is 2.37. The van der Waals surface area contributed by atoms with Gasteiger partial charge < -0.3 is 9.73 Å². The molecule has 1 heterocycles. The molecule has 1 aromatic heterocycles.